The third-order valence-corrected chi connectivity index (χ3v) is 2.90. The van der Waals surface area contributed by atoms with E-state index in [0.29, 0.717) is 19.0 Å². The van der Waals surface area contributed by atoms with Gasteiger partial charge in [0, 0.05) is 26.8 Å². The largest absolute Gasteiger partial charge is 0.406 e. The summed E-state index contributed by atoms with van der Waals surface area (Å²) in [6, 6.07) is 0. The highest BCUT2D eigenvalue weighted by atomic mass is 16.6. The molecule has 1 saturated carbocycles. The van der Waals surface area contributed by atoms with Gasteiger partial charge in [0.05, 0.1) is 0 Å². The molecule has 1 fully saturated rings. The molecular formula is C11H18N4O3. The Morgan fingerprint density at radius 2 is 2.44 bits per heavy atom. The molecule has 18 heavy (non-hydrogen) atoms. The standard InChI is InChI=1S/C11H18N4O3/c1-14-8-13-11(15(16)17)10(14)12-5-2-6-18-7-9-3-4-9/h8-9,12H,2-7H2,1H3. The van der Waals surface area contributed by atoms with Crippen LogP contribution in [0.15, 0.2) is 6.33 Å². The lowest BCUT2D eigenvalue weighted by Crippen LogP contribution is -2.10. The number of hydrogen-bond acceptors (Lipinski definition) is 5. The Labute approximate surface area is 105 Å². The van der Waals surface area contributed by atoms with Gasteiger partial charge in [-0.05, 0) is 35.1 Å². The first-order chi connectivity index (χ1) is 8.68. The first kappa shape index (κ1) is 12.8. The van der Waals surface area contributed by atoms with Gasteiger partial charge in [-0.15, -0.1) is 0 Å². The fourth-order valence-corrected chi connectivity index (χ4v) is 1.67. The molecule has 0 radical (unpaired) electrons. The van der Waals surface area contributed by atoms with Crippen molar-refractivity contribution in [2.75, 3.05) is 25.1 Å². The lowest BCUT2D eigenvalue weighted by atomic mass is 10.4. The zero-order valence-corrected chi connectivity index (χ0v) is 10.5. The van der Waals surface area contributed by atoms with Crippen LogP contribution in [-0.2, 0) is 11.8 Å². The van der Waals surface area contributed by atoms with Crippen molar-refractivity contribution in [3.63, 3.8) is 0 Å². The minimum absolute atomic E-state index is 0.128. The van der Waals surface area contributed by atoms with Crippen LogP contribution in [0.25, 0.3) is 0 Å². The summed E-state index contributed by atoms with van der Waals surface area (Å²) < 4.78 is 7.10. The first-order valence-corrected chi connectivity index (χ1v) is 6.16. The summed E-state index contributed by atoms with van der Waals surface area (Å²) in [5.41, 5.74) is 0. The van der Waals surface area contributed by atoms with Crippen LogP contribution in [0.5, 0.6) is 0 Å². The van der Waals surface area contributed by atoms with Crippen LogP contribution in [0, 0.1) is 16.0 Å². The molecule has 1 aliphatic carbocycles. The van der Waals surface area contributed by atoms with Crippen molar-refractivity contribution in [3.8, 4) is 0 Å². The number of aromatic nitrogens is 2. The number of nitro groups is 1. The number of nitrogens with zero attached hydrogens (tertiary/aromatic N) is 3. The first-order valence-electron chi connectivity index (χ1n) is 6.16. The number of rotatable bonds is 8. The van der Waals surface area contributed by atoms with E-state index in [4.69, 9.17) is 4.74 Å². The smallest absolute Gasteiger partial charge is 0.381 e. The predicted octanol–water partition coefficient (Wildman–Crippen LogP) is 1.56. The minimum Gasteiger partial charge on any atom is -0.381 e. The van der Waals surface area contributed by atoms with E-state index in [9.17, 15) is 10.1 Å². The summed E-state index contributed by atoms with van der Waals surface area (Å²) >= 11 is 0. The zero-order valence-electron chi connectivity index (χ0n) is 10.5. The molecular weight excluding hydrogens is 236 g/mol. The molecule has 0 bridgehead atoms. The Kier molecular flexibility index (Phi) is 4.14. The summed E-state index contributed by atoms with van der Waals surface area (Å²) in [4.78, 5) is 14.0. The monoisotopic (exact) mass is 254 g/mol. The van der Waals surface area contributed by atoms with E-state index in [2.05, 4.69) is 10.3 Å². The molecule has 0 atom stereocenters. The molecule has 0 amide bonds. The second-order valence-corrected chi connectivity index (χ2v) is 4.58. The second kappa shape index (κ2) is 5.81. The maximum absolute atomic E-state index is 10.7. The van der Waals surface area contributed by atoms with Gasteiger partial charge < -0.3 is 20.2 Å². The maximum atomic E-state index is 10.7. The lowest BCUT2D eigenvalue weighted by molar-refractivity contribution is -0.388. The van der Waals surface area contributed by atoms with Gasteiger partial charge in [0.1, 0.15) is 0 Å². The summed E-state index contributed by atoms with van der Waals surface area (Å²) in [6.07, 6.45) is 4.85. The van der Waals surface area contributed by atoms with Crippen LogP contribution in [-0.4, -0.2) is 34.2 Å². The molecule has 1 aliphatic rings. The number of nitrogens with one attached hydrogen (secondary N) is 1. The quantitative estimate of drug-likeness (QED) is 0.432. The Hall–Kier alpha value is -1.63. The molecule has 0 aliphatic heterocycles. The molecule has 0 spiro atoms. The van der Waals surface area contributed by atoms with Crippen molar-refractivity contribution in [2.45, 2.75) is 19.3 Å². The normalized spacial score (nSPS) is 14.7. The van der Waals surface area contributed by atoms with E-state index in [1.165, 1.54) is 19.2 Å². The van der Waals surface area contributed by atoms with Gasteiger partial charge in [0.15, 0.2) is 0 Å². The van der Waals surface area contributed by atoms with Crippen molar-refractivity contribution >= 4 is 11.6 Å². The Bertz CT molecular complexity index is 414. The van der Waals surface area contributed by atoms with E-state index in [1.54, 1.807) is 11.6 Å². The molecule has 1 heterocycles. The number of hydrogen-bond donors (Lipinski definition) is 1. The summed E-state index contributed by atoms with van der Waals surface area (Å²) in [7, 11) is 1.73. The summed E-state index contributed by atoms with van der Waals surface area (Å²) in [6.45, 7) is 2.19. The number of aryl methyl sites for hydroxylation is 1. The van der Waals surface area contributed by atoms with E-state index in [1.807, 2.05) is 0 Å². The molecule has 1 aromatic heterocycles. The number of imidazole rings is 1. The third-order valence-electron chi connectivity index (χ3n) is 2.90. The Morgan fingerprint density at radius 3 is 3.11 bits per heavy atom. The topological polar surface area (TPSA) is 82.2 Å². The molecule has 2 rings (SSSR count). The zero-order chi connectivity index (χ0) is 13.0. The number of ether oxygens (including phenoxy) is 1. The fourth-order valence-electron chi connectivity index (χ4n) is 1.67. The molecule has 0 saturated heterocycles. The summed E-state index contributed by atoms with van der Waals surface area (Å²) in [5, 5.41) is 13.7. The number of anilines is 1. The highest BCUT2D eigenvalue weighted by Gasteiger charge is 2.21. The highest BCUT2D eigenvalue weighted by Crippen LogP contribution is 2.28. The molecule has 7 nitrogen and oxygen atoms in total. The molecule has 7 heteroatoms. The van der Waals surface area contributed by atoms with Crippen molar-refractivity contribution in [1.29, 1.82) is 0 Å². The highest BCUT2D eigenvalue weighted by molar-refractivity contribution is 5.51. The van der Waals surface area contributed by atoms with Crippen molar-refractivity contribution in [2.24, 2.45) is 13.0 Å². The van der Waals surface area contributed by atoms with Crippen molar-refractivity contribution < 1.29 is 9.66 Å². The van der Waals surface area contributed by atoms with E-state index < -0.39 is 4.92 Å². The minimum atomic E-state index is -0.480. The van der Waals surface area contributed by atoms with Gasteiger partial charge in [-0.1, -0.05) is 0 Å². The maximum Gasteiger partial charge on any atom is 0.406 e. The van der Waals surface area contributed by atoms with Crippen molar-refractivity contribution in [1.82, 2.24) is 9.55 Å². The molecule has 100 valence electrons. The average Bonchev–Trinajstić information content (AvgIpc) is 3.07. The fraction of sp³-hybridized carbons (Fsp3) is 0.727. The van der Waals surface area contributed by atoms with Crippen LogP contribution in [0.3, 0.4) is 0 Å². The van der Waals surface area contributed by atoms with E-state index >= 15 is 0 Å². The molecule has 0 unspecified atom stereocenters. The molecule has 0 aromatic carbocycles. The van der Waals surface area contributed by atoms with Gasteiger partial charge in [-0.2, -0.15) is 0 Å². The second-order valence-electron chi connectivity index (χ2n) is 4.58. The molecule has 1 N–H and O–H groups in total. The van der Waals surface area contributed by atoms with E-state index in [0.717, 1.165) is 18.9 Å². The van der Waals surface area contributed by atoms with Crippen LogP contribution < -0.4 is 5.32 Å². The molecule has 1 aromatic rings. The van der Waals surface area contributed by atoms with Gasteiger partial charge >= 0.3 is 5.82 Å². The van der Waals surface area contributed by atoms with Gasteiger partial charge in [0.25, 0.3) is 0 Å². The Morgan fingerprint density at radius 1 is 1.67 bits per heavy atom. The predicted molar refractivity (Wildman–Crippen MR) is 66.5 cm³/mol. The average molecular weight is 254 g/mol. The van der Waals surface area contributed by atoms with Crippen LogP contribution in [0.2, 0.25) is 0 Å². The van der Waals surface area contributed by atoms with Crippen LogP contribution in [0.1, 0.15) is 19.3 Å². The third kappa shape index (κ3) is 3.43. The van der Waals surface area contributed by atoms with E-state index in [-0.39, 0.29) is 5.82 Å². The van der Waals surface area contributed by atoms with Gasteiger partial charge in [-0.3, -0.25) is 4.57 Å². The van der Waals surface area contributed by atoms with Gasteiger partial charge in [-0.25, -0.2) is 0 Å². The Balaban J connectivity index is 1.68. The van der Waals surface area contributed by atoms with Crippen LogP contribution >= 0.6 is 0 Å². The SMILES string of the molecule is Cn1cnc([N+](=O)[O-])c1NCCCOCC1CC1. The summed E-state index contributed by atoms with van der Waals surface area (Å²) in [5.74, 6) is 1.09. The van der Waals surface area contributed by atoms with Crippen molar-refractivity contribution in [3.05, 3.63) is 16.4 Å². The van der Waals surface area contributed by atoms with Gasteiger partial charge in [0.2, 0.25) is 12.1 Å². The van der Waals surface area contributed by atoms with Crippen LogP contribution in [0.4, 0.5) is 11.6 Å². The lowest BCUT2D eigenvalue weighted by Gasteiger charge is -2.06.